The molecule has 1 unspecified atom stereocenters. The first-order chi connectivity index (χ1) is 22.4. The minimum atomic E-state index is -4.70. The van der Waals surface area contributed by atoms with Crippen molar-refractivity contribution in [1.29, 1.82) is 0 Å². The largest absolute Gasteiger partial charge is 0.495 e. The number of carbonyl (C=O) groups is 2. The number of nitrogens with zero attached hydrogens (tertiary/aromatic N) is 4. The van der Waals surface area contributed by atoms with Crippen molar-refractivity contribution in [1.82, 2.24) is 14.9 Å². The van der Waals surface area contributed by atoms with Crippen LogP contribution < -0.4 is 9.64 Å². The number of thiophene rings is 1. The van der Waals surface area contributed by atoms with E-state index in [-0.39, 0.29) is 30.0 Å². The van der Waals surface area contributed by atoms with Crippen LogP contribution in [0.1, 0.15) is 74.4 Å². The van der Waals surface area contributed by atoms with Crippen LogP contribution in [0.15, 0.2) is 35.8 Å². The van der Waals surface area contributed by atoms with Gasteiger partial charge in [-0.2, -0.15) is 13.2 Å². The Morgan fingerprint density at radius 1 is 1.19 bits per heavy atom. The molecule has 1 aliphatic carbocycles. The lowest BCUT2D eigenvalue weighted by atomic mass is 9.80. The van der Waals surface area contributed by atoms with Gasteiger partial charge in [0, 0.05) is 19.5 Å². The van der Waals surface area contributed by atoms with E-state index in [4.69, 9.17) is 19.4 Å². The van der Waals surface area contributed by atoms with Gasteiger partial charge in [-0.3, -0.25) is 9.69 Å². The average molecular weight is 679 g/mol. The van der Waals surface area contributed by atoms with E-state index < -0.39 is 42.6 Å². The Kier molecular flexibility index (Phi) is 10.6. The average Bonchev–Trinajstić information content (AvgIpc) is 3.64. The molecule has 2 aromatic heterocycles. The molecule has 1 saturated carbocycles. The summed E-state index contributed by atoms with van der Waals surface area (Å²) in [7, 11) is 1.56. The molecule has 47 heavy (non-hydrogen) atoms. The second kappa shape index (κ2) is 14.4. The van der Waals surface area contributed by atoms with E-state index in [1.807, 2.05) is 18.4 Å². The normalized spacial score (nSPS) is 21.5. The number of carbonyl (C=O) groups excluding carboxylic acids is 1. The Balaban J connectivity index is 1.44. The Bertz CT molecular complexity index is 1580. The standard InChI is InChI=1S/C33H38F4N4O5S/c1-4-40(17-21-7-5-20(6-8-21)13-28(42)43)31-26(39-25(16-38-31)30-27(45-3)9-10-47-30)18-41-19(2)29(46-32(41)44)23-11-22(15-34)12-24(14-23)33(35,36)37/h9-12,14,16,19-21,29H,4-8,13,15,17-18H2,1-3H3,(H,42,43)/t19-,20?,21?,29?/m0/s1. The highest BCUT2D eigenvalue weighted by Crippen LogP contribution is 2.40. The van der Waals surface area contributed by atoms with Crippen molar-refractivity contribution >= 4 is 29.2 Å². The molecule has 1 amide bonds. The molecule has 254 valence electrons. The number of anilines is 1. The molecule has 0 spiro atoms. The van der Waals surface area contributed by atoms with Gasteiger partial charge in [0.2, 0.25) is 0 Å². The summed E-state index contributed by atoms with van der Waals surface area (Å²) in [6, 6.07) is 4.07. The molecule has 2 fully saturated rings. The summed E-state index contributed by atoms with van der Waals surface area (Å²) in [5.74, 6) is 0.899. The van der Waals surface area contributed by atoms with Gasteiger partial charge in [0.25, 0.3) is 0 Å². The quantitative estimate of drug-likeness (QED) is 0.193. The van der Waals surface area contributed by atoms with Crippen molar-refractivity contribution in [2.24, 2.45) is 11.8 Å². The third-order valence-electron chi connectivity index (χ3n) is 9.03. The van der Waals surface area contributed by atoms with Crippen molar-refractivity contribution in [3.63, 3.8) is 0 Å². The lowest BCUT2D eigenvalue weighted by molar-refractivity contribution is -0.139. The molecular weight excluding hydrogens is 640 g/mol. The SMILES string of the molecule is CCN(CC1CCC(CC(=O)O)CC1)c1ncc(-c2sccc2OC)nc1CN1C(=O)OC(c2cc(CF)cc(C(F)(F)F)c2)[C@@H]1C. The highest BCUT2D eigenvalue weighted by Gasteiger charge is 2.42. The summed E-state index contributed by atoms with van der Waals surface area (Å²) in [5, 5.41) is 11.1. The number of carboxylic acids is 1. The third kappa shape index (κ3) is 7.79. The van der Waals surface area contributed by atoms with Crippen LogP contribution in [0, 0.1) is 11.8 Å². The Morgan fingerprint density at radius 2 is 1.91 bits per heavy atom. The molecule has 14 heteroatoms. The van der Waals surface area contributed by atoms with Gasteiger partial charge in [-0.15, -0.1) is 11.3 Å². The summed E-state index contributed by atoms with van der Waals surface area (Å²) < 4.78 is 65.5. The van der Waals surface area contributed by atoms with Crippen molar-refractivity contribution < 1.29 is 41.7 Å². The second-order valence-electron chi connectivity index (χ2n) is 12.1. The smallest absolute Gasteiger partial charge is 0.416 e. The Labute approximate surface area is 274 Å². The molecule has 1 saturated heterocycles. The van der Waals surface area contributed by atoms with Crippen LogP contribution in [0.3, 0.4) is 0 Å². The maximum atomic E-state index is 13.6. The molecule has 3 heterocycles. The lowest BCUT2D eigenvalue weighted by Crippen LogP contribution is -2.36. The number of aliphatic carboxylic acids is 1. The summed E-state index contributed by atoms with van der Waals surface area (Å²) in [6.45, 7) is 3.81. The molecule has 1 N–H and O–H groups in total. The second-order valence-corrected chi connectivity index (χ2v) is 13.1. The van der Waals surface area contributed by atoms with Crippen LogP contribution in [0.25, 0.3) is 10.6 Å². The number of methoxy groups -OCH3 is 1. The van der Waals surface area contributed by atoms with Crippen LogP contribution in [0.2, 0.25) is 0 Å². The van der Waals surface area contributed by atoms with Gasteiger partial charge in [0.15, 0.2) is 5.82 Å². The van der Waals surface area contributed by atoms with E-state index in [1.165, 1.54) is 22.3 Å². The van der Waals surface area contributed by atoms with Crippen molar-refractivity contribution in [3.8, 4) is 16.3 Å². The maximum absolute atomic E-state index is 13.6. The van der Waals surface area contributed by atoms with E-state index in [9.17, 15) is 32.3 Å². The van der Waals surface area contributed by atoms with Gasteiger partial charge >= 0.3 is 18.2 Å². The number of cyclic esters (lactones) is 1. The number of amides is 1. The zero-order chi connectivity index (χ0) is 33.9. The first kappa shape index (κ1) is 34.4. The highest BCUT2D eigenvalue weighted by molar-refractivity contribution is 7.14. The number of ether oxygens (including phenoxy) is 2. The maximum Gasteiger partial charge on any atom is 0.416 e. The summed E-state index contributed by atoms with van der Waals surface area (Å²) in [4.78, 5) is 38.5. The number of benzene rings is 1. The van der Waals surface area contributed by atoms with Gasteiger partial charge < -0.3 is 19.5 Å². The minimum Gasteiger partial charge on any atom is -0.495 e. The number of aromatic nitrogens is 2. The fourth-order valence-electron chi connectivity index (χ4n) is 6.53. The third-order valence-corrected chi connectivity index (χ3v) is 9.95. The van der Waals surface area contributed by atoms with Crippen LogP contribution >= 0.6 is 11.3 Å². The van der Waals surface area contributed by atoms with E-state index >= 15 is 0 Å². The number of alkyl halides is 4. The fourth-order valence-corrected chi connectivity index (χ4v) is 7.35. The molecule has 3 aromatic rings. The van der Waals surface area contributed by atoms with E-state index in [0.717, 1.165) is 42.7 Å². The molecule has 0 bridgehead atoms. The van der Waals surface area contributed by atoms with Crippen molar-refractivity contribution in [2.75, 3.05) is 25.1 Å². The van der Waals surface area contributed by atoms with Gasteiger partial charge in [0.1, 0.15) is 29.9 Å². The predicted molar refractivity (Wildman–Crippen MR) is 168 cm³/mol. The van der Waals surface area contributed by atoms with Crippen LogP contribution in [0.5, 0.6) is 5.75 Å². The minimum absolute atomic E-state index is 0.0306. The van der Waals surface area contributed by atoms with Gasteiger partial charge in [-0.1, -0.05) is 0 Å². The summed E-state index contributed by atoms with van der Waals surface area (Å²) in [5.41, 5.74) is -0.0724. The van der Waals surface area contributed by atoms with Gasteiger partial charge in [-0.05, 0) is 92.1 Å². The fraction of sp³-hybridized carbons (Fsp3) is 0.515. The Morgan fingerprint density at radius 3 is 2.55 bits per heavy atom. The number of halogens is 4. The van der Waals surface area contributed by atoms with Crippen molar-refractivity contribution in [3.05, 3.63) is 58.2 Å². The molecule has 2 aliphatic rings. The molecule has 2 atom stereocenters. The van der Waals surface area contributed by atoms with Crippen LogP contribution in [-0.4, -0.2) is 58.3 Å². The van der Waals surface area contributed by atoms with Crippen molar-refractivity contribution in [2.45, 2.75) is 77.5 Å². The zero-order valence-electron chi connectivity index (χ0n) is 26.4. The van der Waals surface area contributed by atoms with E-state index in [1.54, 1.807) is 20.2 Å². The molecule has 9 nitrogen and oxygen atoms in total. The topological polar surface area (TPSA) is 105 Å². The zero-order valence-corrected chi connectivity index (χ0v) is 27.2. The molecule has 0 radical (unpaired) electrons. The highest BCUT2D eigenvalue weighted by atomic mass is 32.1. The number of hydrogen-bond acceptors (Lipinski definition) is 8. The van der Waals surface area contributed by atoms with E-state index in [2.05, 4.69) is 4.90 Å². The number of rotatable bonds is 12. The molecule has 1 aliphatic heterocycles. The van der Waals surface area contributed by atoms with Crippen LogP contribution in [-0.2, 0) is 28.9 Å². The summed E-state index contributed by atoms with van der Waals surface area (Å²) >= 11 is 1.43. The molecular formula is C33H38F4N4O5S. The lowest BCUT2D eigenvalue weighted by Gasteiger charge is -2.33. The Hall–Kier alpha value is -3.94. The van der Waals surface area contributed by atoms with Gasteiger partial charge in [0.05, 0.1) is 36.3 Å². The first-order valence-electron chi connectivity index (χ1n) is 15.6. The first-order valence-corrected chi connectivity index (χ1v) is 16.5. The molecule has 1 aromatic carbocycles. The summed E-state index contributed by atoms with van der Waals surface area (Å²) in [6.07, 6.45) is -1.20. The molecule has 5 rings (SSSR count). The van der Waals surface area contributed by atoms with Gasteiger partial charge in [-0.25, -0.2) is 19.2 Å². The predicted octanol–water partition coefficient (Wildman–Crippen LogP) is 7.89. The van der Waals surface area contributed by atoms with Crippen LogP contribution in [0.4, 0.5) is 28.2 Å². The number of hydrogen-bond donors (Lipinski definition) is 1. The number of carboxylic acid groups (broad SMARTS) is 1. The van der Waals surface area contributed by atoms with E-state index in [0.29, 0.717) is 42.0 Å². The monoisotopic (exact) mass is 678 g/mol.